The topological polar surface area (TPSA) is 68.0 Å². The lowest BCUT2D eigenvalue weighted by molar-refractivity contribution is 0.433. The van der Waals surface area contributed by atoms with Crippen molar-refractivity contribution in [3.05, 3.63) is 87.2 Å². The standard InChI is InChI=1S/C23H20FN3O2S/c1-14-20(19-13-25-15(2)30-19)23(29)27(12-11-16-7-4-3-5-8-16)22(26-14)17-9-6-10-18(24)21(17)28/h3-10,13,28H,11-12H2,1-2H3. The SMILES string of the molecule is Cc1ncc(-c2c(C)nc(-c3cccc(F)c3O)n(CCc3ccccc3)c2=O)s1. The maximum Gasteiger partial charge on any atom is 0.262 e. The Balaban J connectivity index is 1.90. The molecule has 30 heavy (non-hydrogen) atoms. The summed E-state index contributed by atoms with van der Waals surface area (Å²) in [6.07, 6.45) is 2.27. The molecule has 0 radical (unpaired) electrons. The molecule has 1 N–H and O–H groups in total. The van der Waals surface area contributed by atoms with Gasteiger partial charge < -0.3 is 5.11 Å². The molecule has 0 spiro atoms. The van der Waals surface area contributed by atoms with Crippen molar-refractivity contribution in [1.29, 1.82) is 0 Å². The van der Waals surface area contributed by atoms with Crippen LogP contribution in [-0.4, -0.2) is 19.6 Å². The van der Waals surface area contributed by atoms with Crippen LogP contribution >= 0.6 is 11.3 Å². The second-order valence-corrected chi connectivity index (χ2v) is 8.20. The summed E-state index contributed by atoms with van der Waals surface area (Å²) in [4.78, 5) is 23.2. The molecule has 2 heterocycles. The molecule has 0 aliphatic heterocycles. The van der Waals surface area contributed by atoms with Crippen LogP contribution < -0.4 is 5.56 Å². The molecule has 0 saturated heterocycles. The number of rotatable bonds is 5. The number of phenolic OH excluding ortho intramolecular Hbond substituents is 1. The largest absolute Gasteiger partial charge is 0.504 e. The summed E-state index contributed by atoms with van der Waals surface area (Å²) in [5.74, 6) is -1.02. The number of hydrogen-bond donors (Lipinski definition) is 1. The zero-order chi connectivity index (χ0) is 21.3. The van der Waals surface area contributed by atoms with Crippen molar-refractivity contribution >= 4 is 11.3 Å². The van der Waals surface area contributed by atoms with Crippen LogP contribution in [0.5, 0.6) is 5.75 Å². The maximum absolute atomic E-state index is 14.0. The normalized spacial score (nSPS) is 11.0. The van der Waals surface area contributed by atoms with E-state index >= 15 is 0 Å². The van der Waals surface area contributed by atoms with Crippen molar-refractivity contribution in [2.75, 3.05) is 0 Å². The first-order chi connectivity index (χ1) is 14.5. The van der Waals surface area contributed by atoms with E-state index in [1.54, 1.807) is 19.2 Å². The number of aromatic nitrogens is 3. The Hall–Kier alpha value is -3.32. The molecule has 0 bridgehead atoms. The van der Waals surface area contributed by atoms with E-state index in [1.807, 2.05) is 37.3 Å². The van der Waals surface area contributed by atoms with Gasteiger partial charge in [-0.1, -0.05) is 36.4 Å². The number of benzene rings is 2. The fraction of sp³-hybridized carbons (Fsp3) is 0.174. The predicted octanol–water partition coefficient (Wildman–Crippen LogP) is 4.74. The lowest BCUT2D eigenvalue weighted by Crippen LogP contribution is -2.27. The van der Waals surface area contributed by atoms with Gasteiger partial charge in [0.2, 0.25) is 0 Å². The third kappa shape index (κ3) is 3.76. The van der Waals surface area contributed by atoms with Gasteiger partial charge in [0.15, 0.2) is 11.6 Å². The molecule has 2 aromatic carbocycles. The van der Waals surface area contributed by atoms with Crippen LogP contribution in [0.25, 0.3) is 21.8 Å². The molecule has 0 fully saturated rings. The first kappa shape index (κ1) is 20.0. The maximum atomic E-state index is 14.0. The van der Waals surface area contributed by atoms with Crippen LogP contribution in [-0.2, 0) is 13.0 Å². The Bertz CT molecular complexity index is 1270. The van der Waals surface area contributed by atoms with E-state index in [0.29, 0.717) is 24.2 Å². The van der Waals surface area contributed by atoms with Crippen molar-refractivity contribution in [2.24, 2.45) is 0 Å². The quantitative estimate of drug-likeness (QED) is 0.506. The average molecular weight is 421 g/mol. The van der Waals surface area contributed by atoms with Gasteiger partial charge in [0.25, 0.3) is 5.56 Å². The molecule has 5 nitrogen and oxygen atoms in total. The lowest BCUT2D eigenvalue weighted by atomic mass is 10.1. The van der Waals surface area contributed by atoms with E-state index < -0.39 is 11.6 Å². The summed E-state index contributed by atoms with van der Waals surface area (Å²) in [5.41, 5.74) is 2.01. The Labute approximate surface area is 177 Å². The third-order valence-electron chi connectivity index (χ3n) is 4.91. The molecule has 0 atom stereocenters. The van der Waals surface area contributed by atoms with E-state index in [1.165, 1.54) is 28.0 Å². The Morgan fingerprint density at radius 3 is 2.57 bits per heavy atom. The highest BCUT2D eigenvalue weighted by molar-refractivity contribution is 7.15. The molecule has 4 aromatic rings. The van der Waals surface area contributed by atoms with Crippen molar-refractivity contribution < 1.29 is 9.50 Å². The fourth-order valence-corrected chi connectivity index (χ4v) is 4.28. The smallest absolute Gasteiger partial charge is 0.262 e. The molecular weight excluding hydrogens is 401 g/mol. The van der Waals surface area contributed by atoms with Gasteiger partial charge in [-0.3, -0.25) is 9.36 Å². The Morgan fingerprint density at radius 1 is 1.10 bits per heavy atom. The molecule has 4 rings (SSSR count). The number of halogens is 1. The van der Waals surface area contributed by atoms with E-state index in [-0.39, 0.29) is 16.9 Å². The summed E-state index contributed by atoms with van der Waals surface area (Å²) in [6, 6.07) is 14.0. The molecule has 2 aromatic heterocycles. The minimum atomic E-state index is -0.754. The van der Waals surface area contributed by atoms with Gasteiger partial charge >= 0.3 is 0 Å². The average Bonchev–Trinajstić information content (AvgIpc) is 3.15. The predicted molar refractivity (Wildman–Crippen MR) is 116 cm³/mol. The van der Waals surface area contributed by atoms with Crippen molar-refractivity contribution in [2.45, 2.75) is 26.8 Å². The highest BCUT2D eigenvalue weighted by atomic mass is 32.1. The highest BCUT2D eigenvalue weighted by Gasteiger charge is 2.21. The summed E-state index contributed by atoms with van der Waals surface area (Å²) in [5, 5.41) is 11.1. The zero-order valence-electron chi connectivity index (χ0n) is 16.6. The van der Waals surface area contributed by atoms with Crippen LogP contribution in [0.4, 0.5) is 4.39 Å². The van der Waals surface area contributed by atoms with Gasteiger partial charge in [-0.15, -0.1) is 11.3 Å². The third-order valence-corrected chi connectivity index (χ3v) is 5.84. The van der Waals surface area contributed by atoms with E-state index in [4.69, 9.17) is 0 Å². The second-order valence-electron chi connectivity index (χ2n) is 6.97. The highest BCUT2D eigenvalue weighted by Crippen LogP contribution is 2.32. The minimum absolute atomic E-state index is 0.190. The molecule has 0 aliphatic carbocycles. The molecule has 0 amide bonds. The first-order valence-corrected chi connectivity index (χ1v) is 10.3. The van der Waals surface area contributed by atoms with Crippen molar-refractivity contribution in [1.82, 2.24) is 14.5 Å². The zero-order valence-corrected chi connectivity index (χ0v) is 17.4. The molecule has 0 unspecified atom stereocenters. The van der Waals surface area contributed by atoms with Gasteiger partial charge in [0, 0.05) is 12.7 Å². The van der Waals surface area contributed by atoms with Gasteiger partial charge in [-0.25, -0.2) is 14.4 Å². The van der Waals surface area contributed by atoms with Gasteiger partial charge in [-0.2, -0.15) is 0 Å². The minimum Gasteiger partial charge on any atom is -0.504 e. The number of thiazole rings is 1. The van der Waals surface area contributed by atoms with E-state index in [0.717, 1.165) is 15.4 Å². The number of nitrogens with zero attached hydrogens (tertiary/aromatic N) is 3. The van der Waals surface area contributed by atoms with Gasteiger partial charge in [0.05, 0.1) is 26.7 Å². The lowest BCUT2D eigenvalue weighted by Gasteiger charge is -2.16. The van der Waals surface area contributed by atoms with E-state index in [2.05, 4.69) is 9.97 Å². The first-order valence-electron chi connectivity index (χ1n) is 9.51. The molecule has 7 heteroatoms. The molecular formula is C23H20FN3O2S. The van der Waals surface area contributed by atoms with E-state index in [9.17, 15) is 14.3 Å². The van der Waals surface area contributed by atoms with Crippen LogP contribution in [0.3, 0.4) is 0 Å². The monoisotopic (exact) mass is 421 g/mol. The summed E-state index contributed by atoms with van der Waals surface area (Å²) in [6.45, 7) is 3.96. The van der Waals surface area contributed by atoms with Crippen molar-refractivity contribution in [3.63, 3.8) is 0 Å². The van der Waals surface area contributed by atoms with Gasteiger partial charge in [0.1, 0.15) is 5.82 Å². The summed E-state index contributed by atoms with van der Waals surface area (Å²) >= 11 is 1.43. The number of aryl methyl sites for hydroxylation is 3. The fourth-order valence-electron chi connectivity index (χ4n) is 3.42. The Morgan fingerprint density at radius 2 is 1.87 bits per heavy atom. The summed E-state index contributed by atoms with van der Waals surface area (Å²) in [7, 11) is 0. The second kappa shape index (κ2) is 8.20. The Kier molecular flexibility index (Phi) is 5.46. The number of phenols is 1. The molecule has 0 aliphatic rings. The summed E-state index contributed by atoms with van der Waals surface area (Å²) < 4.78 is 15.5. The molecule has 152 valence electrons. The van der Waals surface area contributed by atoms with Crippen LogP contribution in [0.1, 0.15) is 16.3 Å². The van der Waals surface area contributed by atoms with Crippen molar-refractivity contribution in [3.8, 4) is 27.6 Å². The number of hydrogen-bond acceptors (Lipinski definition) is 5. The number of para-hydroxylation sites is 1. The van der Waals surface area contributed by atoms with Crippen LogP contribution in [0.2, 0.25) is 0 Å². The van der Waals surface area contributed by atoms with Gasteiger partial charge in [-0.05, 0) is 38.0 Å². The molecule has 0 saturated carbocycles. The van der Waals surface area contributed by atoms with Crippen LogP contribution in [0, 0.1) is 19.7 Å². The van der Waals surface area contributed by atoms with Crippen LogP contribution in [0.15, 0.2) is 59.5 Å². The number of aromatic hydroxyl groups is 1.